The molecule has 0 spiro atoms. The van der Waals surface area contributed by atoms with E-state index in [9.17, 15) is 0 Å². The molecule has 14 heavy (non-hydrogen) atoms. The molecule has 2 aliphatic rings. The van der Waals surface area contributed by atoms with Crippen molar-refractivity contribution >= 4 is 0 Å². The van der Waals surface area contributed by atoms with E-state index >= 15 is 0 Å². The molecule has 0 amide bonds. The maximum absolute atomic E-state index is 9.00. The lowest BCUT2D eigenvalue weighted by Gasteiger charge is -2.21. The molecule has 2 rings (SSSR count). The van der Waals surface area contributed by atoms with Crippen LogP contribution < -0.4 is 5.73 Å². The number of nitrogens with two attached hydrogens (primary N) is 1. The Morgan fingerprint density at radius 2 is 2.21 bits per heavy atom. The quantitative estimate of drug-likeness (QED) is 0.685. The van der Waals surface area contributed by atoms with Gasteiger partial charge in [-0.05, 0) is 30.6 Å². The van der Waals surface area contributed by atoms with Gasteiger partial charge in [-0.2, -0.15) is 0 Å². The molecule has 2 fully saturated rings. The van der Waals surface area contributed by atoms with Crippen molar-refractivity contribution in [2.45, 2.75) is 25.8 Å². The predicted molar refractivity (Wildman–Crippen MR) is 56.9 cm³/mol. The molecule has 1 heterocycles. The van der Waals surface area contributed by atoms with Crippen LogP contribution >= 0.6 is 0 Å². The Kier molecular flexibility index (Phi) is 3.10. The first-order valence-corrected chi connectivity index (χ1v) is 5.79. The minimum Gasteiger partial charge on any atom is -0.396 e. The Labute approximate surface area is 86.3 Å². The summed E-state index contributed by atoms with van der Waals surface area (Å²) in [6.45, 7) is 5.82. The SMILES string of the molecule is CC(CO)CN1CC2CCC(N)C2C1. The van der Waals surface area contributed by atoms with Crippen LogP contribution in [0.3, 0.4) is 0 Å². The molecular formula is C11H22N2O. The van der Waals surface area contributed by atoms with Gasteiger partial charge in [0.05, 0.1) is 0 Å². The minimum absolute atomic E-state index is 0.303. The molecule has 0 radical (unpaired) electrons. The molecule has 0 aromatic carbocycles. The van der Waals surface area contributed by atoms with Gasteiger partial charge in [-0.15, -0.1) is 0 Å². The Morgan fingerprint density at radius 1 is 1.43 bits per heavy atom. The van der Waals surface area contributed by atoms with E-state index in [0.29, 0.717) is 18.6 Å². The van der Waals surface area contributed by atoms with Gasteiger partial charge in [-0.3, -0.25) is 0 Å². The molecule has 0 bridgehead atoms. The fraction of sp³-hybridized carbons (Fsp3) is 1.00. The van der Waals surface area contributed by atoms with E-state index in [4.69, 9.17) is 10.8 Å². The van der Waals surface area contributed by atoms with E-state index in [1.807, 2.05) is 0 Å². The lowest BCUT2D eigenvalue weighted by Crippen LogP contribution is -2.32. The molecule has 82 valence electrons. The summed E-state index contributed by atoms with van der Waals surface area (Å²) in [6, 6.07) is 0.439. The van der Waals surface area contributed by atoms with Crippen LogP contribution in [0.2, 0.25) is 0 Å². The van der Waals surface area contributed by atoms with Gasteiger partial charge in [0.1, 0.15) is 0 Å². The maximum atomic E-state index is 9.00. The van der Waals surface area contributed by atoms with Crippen LogP contribution in [0, 0.1) is 17.8 Å². The molecule has 3 heteroatoms. The number of likely N-dealkylation sites (tertiary alicyclic amines) is 1. The summed E-state index contributed by atoms with van der Waals surface area (Å²) < 4.78 is 0. The summed E-state index contributed by atoms with van der Waals surface area (Å²) >= 11 is 0. The average Bonchev–Trinajstić information content (AvgIpc) is 2.69. The van der Waals surface area contributed by atoms with Crippen molar-refractivity contribution in [3.63, 3.8) is 0 Å². The second kappa shape index (κ2) is 4.17. The number of hydrogen-bond donors (Lipinski definition) is 2. The van der Waals surface area contributed by atoms with Crippen LogP contribution in [-0.4, -0.2) is 42.3 Å². The van der Waals surface area contributed by atoms with Crippen molar-refractivity contribution in [2.75, 3.05) is 26.2 Å². The zero-order chi connectivity index (χ0) is 10.1. The van der Waals surface area contributed by atoms with E-state index in [0.717, 1.165) is 24.9 Å². The van der Waals surface area contributed by atoms with Crippen LogP contribution in [0.1, 0.15) is 19.8 Å². The molecule has 0 aromatic heterocycles. The largest absolute Gasteiger partial charge is 0.396 e. The van der Waals surface area contributed by atoms with E-state index in [1.165, 1.54) is 19.4 Å². The van der Waals surface area contributed by atoms with Gasteiger partial charge in [-0.1, -0.05) is 6.92 Å². The summed E-state index contributed by atoms with van der Waals surface area (Å²) in [5.74, 6) is 1.99. The van der Waals surface area contributed by atoms with Gasteiger partial charge in [0, 0.05) is 32.3 Å². The van der Waals surface area contributed by atoms with Crippen LogP contribution in [0.15, 0.2) is 0 Å². The minimum atomic E-state index is 0.303. The van der Waals surface area contributed by atoms with Crippen molar-refractivity contribution in [1.29, 1.82) is 0 Å². The highest BCUT2D eigenvalue weighted by Crippen LogP contribution is 2.37. The molecular weight excluding hydrogens is 176 g/mol. The zero-order valence-electron chi connectivity index (χ0n) is 9.02. The van der Waals surface area contributed by atoms with Crippen LogP contribution in [-0.2, 0) is 0 Å². The Balaban J connectivity index is 1.83. The van der Waals surface area contributed by atoms with Crippen LogP contribution in [0.5, 0.6) is 0 Å². The third-order valence-electron chi connectivity index (χ3n) is 3.87. The highest BCUT2D eigenvalue weighted by Gasteiger charge is 2.40. The average molecular weight is 198 g/mol. The van der Waals surface area contributed by atoms with Gasteiger partial charge < -0.3 is 15.7 Å². The van der Waals surface area contributed by atoms with Crippen molar-refractivity contribution in [1.82, 2.24) is 4.90 Å². The smallest absolute Gasteiger partial charge is 0.0468 e. The summed E-state index contributed by atoms with van der Waals surface area (Å²) in [5.41, 5.74) is 6.07. The van der Waals surface area contributed by atoms with Crippen LogP contribution in [0.4, 0.5) is 0 Å². The summed E-state index contributed by atoms with van der Waals surface area (Å²) in [4.78, 5) is 2.48. The summed E-state index contributed by atoms with van der Waals surface area (Å²) in [5, 5.41) is 9.00. The molecule has 1 saturated heterocycles. The Hall–Kier alpha value is -0.120. The van der Waals surface area contributed by atoms with Crippen molar-refractivity contribution in [3.05, 3.63) is 0 Å². The molecule has 0 aromatic rings. The van der Waals surface area contributed by atoms with E-state index < -0.39 is 0 Å². The fourth-order valence-electron chi connectivity index (χ4n) is 3.05. The van der Waals surface area contributed by atoms with Gasteiger partial charge >= 0.3 is 0 Å². The van der Waals surface area contributed by atoms with Crippen LogP contribution in [0.25, 0.3) is 0 Å². The number of fused-ring (bicyclic) bond motifs is 1. The lowest BCUT2D eigenvalue weighted by molar-refractivity contribution is 0.184. The Bertz CT molecular complexity index is 198. The standard InChI is InChI=1S/C11H22N2O/c1-8(7-14)4-13-5-9-2-3-11(12)10(9)6-13/h8-11,14H,2-7,12H2,1H3. The molecule has 4 atom stereocenters. The number of hydrogen-bond acceptors (Lipinski definition) is 3. The van der Waals surface area contributed by atoms with Gasteiger partial charge in [0.15, 0.2) is 0 Å². The summed E-state index contributed by atoms with van der Waals surface area (Å²) in [7, 11) is 0. The molecule has 1 aliphatic carbocycles. The third kappa shape index (κ3) is 1.95. The second-order valence-electron chi connectivity index (χ2n) is 5.17. The first kappa shape index (κ1) is 10.4. The lowest BCUT2D eigenvalue weighted by atomic mass is 9.98. The van der Waals surface area contributed by atoms with Gasteiger partial charge in [0.25, 0.3) is 0 Å². The number of aliphatic hydroxyl groups excluding tert-OH is 1. The van der Waals surface area contributed by atoms with Crippen molar-refractivity contribution < 1.29 is 5.11 Å². The highest BCUT2D eigenvalue weighted by molar-refractivity contribution is 4.95. The van der Waals surface area contributed by atoms with E-state index in [2.05, 4.69) is 11.8 Å². The van der Waals surface area contributed by atoms with Crippen molar-refractivity contribution in [3.8, 4) is 0 Å². The molecule has 1 saturated carbocycles. The van der Waals surface area contributed by atoms with Crippen molar-refractivity contribution in [2.24, 2.45) is 23.5 Å². The number of aliphatic hydroxyl groups is 1. The topological polar surface area (TPSA) is 49.5 Å². The Morgan fingerprint density at radius 3 is 2.86 bits per heavy atom. The predicted octanol–water partition coefficient (Wildman–Crippen LogP) is 0.284. The monoisotopic (exact) mass is 198 g/mol. The summed E-state index contributed by atoms with van der Waals surface area (Å²) in [6.07, 6.45) is 2.54. The maximum Gasteiger partial charge on any atom is 0.0468 e. The number of nitrogens with zero attached hydrogens (tertiary/aromatic N) is 1. The first-order valence-electron chi connectivity index (χ1n) is 5.79. The molecule has 4 unspecified atom stereocenters. The van der Waals surface area contributed by atoms with E-state index in [-0.39, 0.29) is 0 Å². The zero-order valence-corrected chi connectivity index (χ0v) is 9.02. The van der Waals surface area contributed by atoms with E-state index in [1.54, 1.807) is 0 Å². The second-order valence-corrected chi connectivity index (χ2v) is 5.17. The highest BCUT2D eigenvalue weighted by atomic mass is 16.3. The molecule has 3 N–H and O–H groups in total. The number of rotatable bonds is 3. The van der Waals surface area contributed by atoms with Gasteiger partial charge in [-0.25, -0.2) is 0 Å². The molecule has 1 aliphatic heterocycles. The fourth-order valence-corrected chi connectivity index (χ4v) is 3.05. The third-order valence-corrected chi connectivity index (χ3v) is 3.87. The van der Waals surface area contributed by atoms with Gasteiger partial charge in [0.2, 0.25) is 0 Å². The normalized spacial score (nSPS) is 40.1. The molecule has 3 nitrogen and oxygen atoms in total. The first-order chi connectivity index (χ1) is 6.70.